The minimum atomic E-state index is 0.00327. The summed E-state index contributed by atoms with van der Waals surface area (Å²) < 4.78 is 0. The van der Waals surface area contributed by atoms with E-state index in [1.165, 1.54) is 4.88 Å². The van der Waals surface area contributed by atoms with Gasteiger partial charge in [0.05, 0.1) is 5.56 Å². The fraction of sp³-hybridized carbons (Fsp3) is 0.312. The van der Waals surface area contributed by atoms with E-state index in [0.717, 1.165) is 21.7 Å². The van der Waals surface area contributed by atoms with Crippen LogP contribution in [-0.4, -0.2) is 20.0 Å². The lowest BCUT2D eigenvalue weighted by atomic mass is 10.2. The van der Waals surface area contributed by atoms with Gasteiger partial charge in [0.15, 0.2) is 0 Å². The monoisotopic (exact) mass is 288 g/mol. The molecule has 20 heavy (non-hydrogen) atoms. The van der Waals surface area contributed by atoms with Gasteiger partial charge < -0.3 is 10.2 Å². The van der Waals surface area contributed by atoms with Crippen molar-refractivity contribution in [3.63, 3.8) is 0 Å². The van der Waals surface area contributed by atoms with Crippen molar-refractivity contribution in [3.05, 3.63) is 51.2 Å². The maximum absolute atomic E-state index is 12.1. The van der Waals surface area contributed by atoms with Gasteiger partial charge in [0.1, 0.15) is 0 Å². The summed E-state index contributed by atoms with van der Waals surface area (Å²) in [5.41, 5.74) is 3.05. The highest BCUT2D eigenvalue weighted by Crippen LogP contribution is 2.20. The van der Waals surface area contributed by atoms with Crippen LogP contribution in [0.4, 0.5) is 5.69 Å². The molecule has 3 nitrogen and oxygen atoms in total. The van der Waals surface area contributed by atoms with Crippen LogP contribution in [0.2, 0.25) is 0 Å². The van der Waals surface area contributed by atoms with Crippen LogP contribution in [0.5, 0.6) is 0 Å². The van der Waals surface area contributed by atoms with Crippen molar-refractivity contribution in [2.24, 2.45) is 0 Å². The van der Waals surface area contributed by atoms with E-state index in [4.69, 9.17) is 0 Å². The second-order valence-electron chi connectivity index (χ2n) is 5.07. The summed E-state index contributed by atoms with van der Waals surface area (Å²) in [6.07, 6.45) is 0. The van der Waals surface area contributed by atoms with Crippen molar-refractivity contribution in [2.75, 3.05) is 19.0 Å². The molecule has 1 aromatic heterocycles. The molecule has 1 heterocycles. The lowest BCUT2D eigenvalue weighted by Gasteiger charge is -2.12. The van der Waals surface area contributed by atoms with Crippen molar-refractivity contribution < 1.29 is 4.79 Å². The van der Waals surface area contributed by atoms with E-state index in [1.807, 2.05) is 46.1 Å². The zero-order chi connectivity index (χ0) is 14.7. The highest BCUT2D eigenvalue weighted by atomic mass is 32.1. The van der Waals surface area contributed by atoms with Crippen molar-refractivity contribution >= 4 is 22.9 Å². The molecule has 1 amide bonds. The first kappa shape index (κ1) is 14.6. The molecular weight excluding hydrogens is 268 g/mol. The van der Waals surface area contributed by atoms with Crippen LogP contribution in [0.3, 0.4) is 0 Å². The Bertz CT molecular complexity index is 599. The Morgan fingerprint density at radius 1 is 1.20 bits per heavy atom. The van der Waals surface area contributed by atoms with Gasteiger partial charge in [0.2, 0.25) is 0 Å². The van der Waals surface area contributed by atoms with Gasteiger partial charge in [-0.3, -0.25) is 4.79 Å². The third kappa shape index (κ3) is 3.39. The number of benzene rings is 1. The molecule has 0 fully saturated rings. The van der Waals surface area contributed by atoms with Gasteiger partial charge in [-0.25, -0.2) is 0 Å². The first-order valence-corrected chi connectivity index (χ1v) is 7.40. The Hall–Kier alpha value is -1.81. The Morgan fingerprint density at radius 2 is 1.85 bits per heavy atom. The van der Waals surface area contributed by atoms with Gasteiger partial charge in [0, 0.05) is 36.1 Å². The summed E-state index contributed by atoms with van der Waals surface area (Å²) >= 11 is 1.66. The molecule has 1 aromatic carbocycles. The van der Waals surface area contributed by atoms with Crippen LogP contribution < -0.4 is 10.2 Å². The van der Waals surface area contributed by atoms with Gasteiger partial charge in [-0.2, -0.15) is 0 Å². The lowest BCUT2D eigenvalue weighted by molar-refractivity contribution is 0.0951. The summed E-state index contributed by atoms with van der Waals surface area (Å²) in [7, 11) is 4.02. The molecule has 1 N–H and O–H groups in total. The summed E-state index contributed by atoms with van der Waals surface area (Å²) in [4.78, 5) is 16.4. The number of anilines is 1. The molecule has 4 heteroatoms. The highest BCUT2D eigenvalue weighted by Gasteiger charge is 2.11. The van der Waals surface area contributed by atoms with Crippen molar-refractivity contribution in [1.29, 1.82) is 0 Å². The Kier molecular flexibility index (Phi) is 4.45. The first-order valence-electron chi connectivity index (χ1n) is 6.59. The number of hydrogen-bond acceptors (Lipinski definition) is 3. The molecule has 0 aliphatic heterocycles. The molecule has 0 saturated carbocycles. The van der Waals surface area contributed by atoms with E-state index in [2.05, 4.69) is 22.3 Å². The number of carbonyl (C=O) groups is 1. The largest absolute Gasteiger partial charge is 0.378 e. The van der Waals surface area contributed by atoms with Gasteiger partial charge in [-0.15, -0.1) is 11.3 Å². The molecule has 0 aliphatic rings. The van der Waals surface area contributed by atoms with Crippen LogP contribution in [0.15, 0.2) is 30.3 Å². The van der Waals surface area contributed by atoms with Gasteiger partial charge in [0.25, 0.3) is 5.91 Å². The minimum Gasteiger partial charge on any atom is -0.378 e. The van der Waals surface area contributed by atoms with Crippen LogP contribution in [0, 0.1) is 13.8 Å². The average molecular weight is 288 g/mol. The summed E-state index contributed by atoms with van der Waals surface area (Å²) in [6, 6.07) is 10.1. The Labute approximate surface area is 124 Å². The maximum atomic E-state index is 12.1. The number of amides is 1. The molecule has 0 aliphatic carbocycles. The molecule has 0 spiro atoms. The van der Waals surface area contributed by atoms with Crippen LogP contribution in [-0.2, 0) is 6.54 Å². The van der Waals surface area contributed by atoms with Crippen LogP contribution >= 0.6 is 11.3 Å². The van der Waals surface area contributed by atoms with Crippen LogP contribution in [0.1, 0.15) is 25.7 Å². The lowest BCUT2D eigenvalue weighted by Crippen LogP contribution is -2.22. The fourth-order valence-electron chi connectivity index (χ4n) is 2.05. The average Bonchev–Trinajstić information content (AvgIpc) is 2.75. The Morgan fingerprint density at radius 3 is 2.35 bits per heavy atom. The zero-order valence-electron chi connectivity index (χ0n) is 12.4. The predicted octanol–water partition coefficient (Wildman–Crippen LogP) is 3.36. The van der Waals surface area contributed by atoms with Crippen molar-refractivity contribution in [2.45, 2.75) is 20.4 Å². The second-order valence-corrected chi connectivity index (χ2v) is 6.53. The molecule has 106 valence electrons. The van der Waals surface area contributed by atoms with E-state index in [1.54, 1.807) is 11.3 Å². The zero-order valence-corrected chi connectivity index (χ0v) is 13.2. The van der Waals surface area contributed by atoms with Gasteiger partial charge in [-0.1, -0.05) is 12.1 Å². The predicted molar refractivity (Wildman–Crippen MR) is 85.7 cm³/mol. The SMILES string of the molecule is Cc1cc(C(=O)NCc2ccc(N(C)C)cc2)c(C)s1. The molecule has 0 saturated heterocycles. The van der Waals surface area contributed by atoms with E-state index in [9.17, 15) is 4.79 Å². The Balaban J connectivity index is 1.98. The van der Waals surface area contributed by atoms with E-state index in [-0.39, 0.29) is 5.91 Å². The summed E-state index contributed by atoms with van der Waals surface area (Å²) in [6.45, 7) is 4.56. The van der Waals surface area contributed by atoms with Gasteiger partial charge in [-0.05, 0) is 37.6 Å². The smallest absolute Gasteiger partial charge is 0.252 e. The molecule has 0 atom stereocenters. The number of hydrogen-bond donors (Lipinski definition) is 1. The topological polar surface area (TPSA) is 32.3 Å². The number of aryl methyl sites for hydroxylation is 2. The van der Waals surface area contributed by atoms with Crippen LogP contribution in [0.25, 0.3) is 0 Å². The van der Waals surface area contributed by atoms with Gasteiger partial charge >= 0.3 is 0 Å². The number of nitrogens with zero attached hydrogens (tertiary/aromatic N) is 1. The normalized spacial score (nSPS) is 10.4. The maximum Gasteiger partial charge on any atom is 0.252 e. The van der Waals surface area contributed by atoms with Crippen molar-refractivity contribution in [1.82, 2.24) is 5.32 Å². The van der Waals surface area contributed by atoms with E-state index < -0.39 is 0 Å². The number of thiophene rings is 1. The first-order chi connectivity index (χ1) is 9.47. The van der Waals surface area contributed by atoms with E-state index in [0.29, 0.717) is 6.54 Å². The third-order valence-electron chi connectivity index (χ3n) is 3.19. The summed E-state index contributed by atoms with van der Waals surface area (Å²) in [5.74, 6) is 0.00327. The number of nitrogens with one attached hydrogen (secondary N) is 1. The second kappa shape index (κ2) is 6.09. The molecule has 0 unspecified atom stereocenters. The standard InChI is InChI=1S/C16H20N2OS/c1-11-9-15(12(2)20-11)16(19)17-10-13-5-7-14(8-6-13)18(3)4/h5-9H,10H2,1-4H3,(H,17,19). The molecular formula is C16H20N2OS. The third-order valence-corrected chi connectivity index (χ3v) is 4.16. The number of carbonyl (C=O) groups excluding carboxylic acids is 1. The fourth-order valence-corrected chi connectivity index (χ4v) is 2.97. The molecule has 0 bridgehead atoms. The highest BCUT2D eigenvalue weighted by molar-refractivity contribution is 7.12. The minimum absolute atomic E-state index is 0.00327. The number of rotatable bonds is 4. The van der Waals surface area contributed by atoms with E-state index >= 15 is 0 Å². The van der Waals surface area contributed by atoms with Crippen molar-refractivity contribution in [3.8, 4) is 0 Å². The quantitative estimate of drug-likeness (QED) is 0.935. The molecule has 2 rings (SSSR count). The molecule has 0 radical (unpaired) electrons. The molecule has 2 aromatic rings. The summed E-state index contributed by atoms with van der Waals surface area (Å²) in [5, 5.41) is 2.97.